The number of carbonyl (C=O) groups is 2. The van der Waals surface area contributed by atoms with Crippen LogP contribution < -0.4 is 16.8 Å². The van der Waals surface area contributed by atoms with E-state index in [0.717, 1.165) is 0 Å². The van der Waals surface area contributed by atoms with E-state index in [1.807, 2.05) is 6.07 Å². The van der Waals surface area contributed by atoms with Crippen LogP contribution in [0.4, 0.5) is 0 Å². The molecule has 5 N–H and O–H groups in total. The Hall–Kier alpha value is -1.92. The summed E-state index contributed by atoms with van der Waals surface area (Å²) in [5.74, 6) is -0.989. The molecule has 1 unspecified atom stereocenters. The van der Waals surface area contributed by atoms with Gasteiger partial charge in [0.2, 0.25) is 0 Å². The molecule has 1 atom stereocenters. The number of hydrogen-bond acceptors (Lipinski definition) is 4. The number of nitrogens with one attached hydrogen (secondary N) is 1. The fraction of sp³-hybridized carbons (Fsp3) is 0.333. The fourth-order valence-corrected chi connectivity index (χ4v) is 2.00. The van der Waals surface area contributed by atoms with E-state index in [1.165, 1.54) is 4.90 Å². The van der Waals surface area contributed by atoms with Crippen molar-refractivity contribution in [1.29, 1.82) is 0 Å². The minimum Gasteiger partial charge on any atom is -0.366 e. The average Bonchev–Trinajstić information content (AvgIpc) is 2.39. The van der Waals surface area contributed by atoms with Crippen LogP contribution in [0.25, 0.3) is 0 Å². The van der Waals surface area contributed by atoms with E-state index in [4.69, 9.17) is 11.5 Å². The summed E-state index contributed by atoms with van der Waals surface area (Å²) in [6.45, 7) is 1.11. The van der Waals surface area contributed by atoms with Gasteiger partial charge in [-0.05, 0) is 12.1 Å². The molecule has 0 saturated carbocycles. The van der Waals surface area contributed by atoms with Crippen LogP contribution in [0, 0.1) is 0 Å². The van der Waals surface area contributed by atoms with Crippen molar-refractivity contribution >= 4 is 11.8 Å². The minimum absolute atomic E-state index is 0.168. The Morgan fingerprint density at radius 1 is 1.28 bits per heavy atom. The summed E-state index contributed by atoms with van der Waals surface area (Å²) in [6, 6.07) is 8.71. The first-order valence-electron chi connectivity index (χ1n) is 5.72. The molecule has 2 amide bonds. The van der Waals surface area contributed by atoms with Crippen molar-refractivity contribution in [1.82, 2.24) is 10.2 Å². The van der Waals surface area contributed by atoms with Gasteiger partial charge in [0, 0.05) is 25.2 Å². The number of benzene rings is 1. The summed E-state index contributed by atoms with van der Waals surface area (Å²) in [5.41, 5.74) is 10.3. The molecule has 0 spiro atoms. The lowest BCUT2D eigenvalue weighted by molar-refractivity contribution is -0.129. The summed E-state index contributed by atoms with van der Waals surface area (Å²) in [5, 5.41) is 2.97. The Morgan fingerprint density at radius 3 is 2.56 bits per heavy atom. The second-order valence-corrected chi connectivity index (χ2v) is 4.29. The van der Waals surface area contributed by atoms with E-state index < -0.39 is 11.6 Å². The molecule has 1 aliphatic heterocycles. The largest absolute Gasteiger partial charge is 0.366 e. The van der Waals surface area contributed by atoms with Crippen molar-refractivity contribution in [2.45, 2.75) is 5.66 Å². The smallest absolute Gasteiger partial charge is 0.259 e. The lowest BCUT2D eigenvalue weighted by Gasteiger charge is -2.42. The van der Waals surface area contributed by atoms with Gasteiger partial charge in [0.15, 0.2) is 5.66 Å². The number of piperazine rings is 1. The van der Waals surface area contributed by atoms with Crippen molar-refractivity contribution in [3.8, 4) is 0 Å². The quantitative estimate of drug-likeness (QED) is 0.616. The molecule has 1 fully saturated rings. The van der Waals surface area contributed by atoms with Gasteiger partial charge in [0.05, 0.1) is 0 Å². The van der Waals surface area contributed by atoms with Gasteiger partial charge in [-0.1, -0.05) is 18.2 Å². The second kappa shape index (κ2) is 4.75. The number of nitrogens with two attached hydrogens (primary N) is 2. The summed E-state index contributed by atoms with van der Waals surface area (Å²) in [7, 11) is 0. The zero-order valence-electron chi connectivity index (χ0n) is 9.93. The van der Waals surface area contributed by atoms with Crippen LogP contribution >= 0.6 is 0 Å². The first-order chi connectivity index (χ1) is 8.55. The van der Waals surface area contributed by atoms with Gasteiger partial charge in [-0.3, -0.25) is 15.3 Å². The Morgan fingerprint density at radius 2 is 1.94 bits per heavy atom. The summed E-state index contributed by atoms with van der Waals surface area (Å²) in [4.78, 5) is 25.2. The Balaban J connectivity index is 2.30. The summed E-state index contributed by atoms with van der Waals surface area (Å²) < 4.78 is 0. The number of carbonyl (C=O) groups excluding carboxylic acids is 2. The molecule has 2 rings (SSSR count). The van der Waals surface area contributed by atoms with Gasteiger partial charge in [-0.15, -0.1) is 0 Å². The van der Waals surface area contributed by atoms with Crippen molar-refractivity contribution in [3.05, 3.63) is 35.9 Å². The van der Waals surface area contributed by atoms with E-state index >= 15 is 0 Å². The molecule has 1 saturated heterocycles. The maximum atomic E-state index is 12.3. The zero-order valence-corrected chi connectivity index (χ0v) is 9.93. The van der Waals surface area contributed by atoms with E-state index in [2.05, 4.69) is 5.32 Å². The normalized spacial score (nSPS) is 23.7. The van der Waals surface area contributed by atoms with E-state index in [0.29, 0.717) is 18.7 Å². The maximum Gasteiger partial charge on any atom is 0.259 e. The predicted molar refractivity (Wildman–Crippen MR) is 66.5 cm³/mol. The second-order valence-electron chi connectivity index (χ2n) is 4.29. The third-order valence-corrected chi connectivity index (χ3v) is 3.08. The number of amides is 2. The molecule has 0 bridgehead atoms. The lowest BCUT2D eigenvalue weighted by atomic mass is 10.0. The van der Waals surface area contributed by atoms with E-state index in [1.54, 1.807) is 24.3 Å². The predicted octanol–water partition coefficient (Wildman–Crippen LogP) is -1.13. The van der Waals surface area contributed by atoms with Gasteiger partial charge < -0.3 is 16.0 Å². The molecule has 1 aliphatic rings. The number of primary amides is 1. The highest BCUT2D eigenvalue weighted by molar-refractivity contribution is 5.98. The number of rotatable bonds is 2. The van der Waals surface area contributed by atoms with Crippen LogP contribution in [0.5, 0.6) is 0 Å². The topological polar surface area (TPSA) is 101 Å². The zero-order chi connectivity index (χ0) is 13.2. The summed E-state index contributed by atoms with van der Waals surface area (Å²) in [6.07, 6.45) is 0. The van der Waals surface area contributed by atoms with Crippen molar-refractivity contribution < 1.29 is 9.59 Å². The molecule has 1 heterocycles. The van der Waals surface area contributed by atoms with Crippen LogP contribution in [0.3, 0.4) is 0 Å². The van der Waals surface area contributed by atoms with Gasteiger partial charge in [-0.2, -0.15) is 0 Å². The molecule has 0 aliphatic carbocycles. The van der Waals surface area contributed by atoms with Crippen LogP contribution in [0.1, 0.15) is 10.4 Å². The molecule has 1 aromatic carbocycles. The molecule has 96 valence electrons. The molecule has 18 heavy (non-hydrogen) atoms. The SMILES string of the molecule is NC(=O)C1(N)CNCCN1C(=O)c1ccccc1. The van der Waals surface area contributed by atoms with Crippen LogP contribution in [-0.4, -0.2) is 42.0 Å². The molecule has 0 aromatic heterocycles. The third kappa shape index (κ3) is 2.07. The van der Waals surface area contributed by atoms with Crippen LogP contribution in [0.15, 0.2) is 30.3 Å². The monoisotopic (exact) mass is 248 g/mol. The minimum atomic E-state index is -1.47. The molecular weight excluding hydrogens is 232 g/mol. The van der Waals surface area contributed by atoms with E-state index in [-0.39, 0.29) is 12.5 Å². The van der Waals surface area contributed by atoms with Gasteiger partial charge in [0.1, 0.15) is 0 Å². The van der Waals surface area contributed by atoms with E-state index in [9.17, 15) is 9.59 Å². The Labute approximate surface area is 105 Å². The molecular formula is C12H16N4O2. The lowest BCUT2D eigenvalue weighted by Crippen LogP contribution is -2.73. The first kappa shape index (κ1) is 12.5. The van der Waals surface area contributed by atoms with Gasteiger partial charge in [-0.25, -0.2) is 0 Å². The number of nitrogens with zero attached hydrogens (tertiary/aromatic N) is 1. The molecule has 1 aromatic rings. The first-order valence-corrected chi connectivity index (χ1v) is 5.72. The van der Waals surface area contributed by atoms with Crippen molar-refractivity contribution in [3.63, 3.8) is 0 Å². The molecule has 0 radical (unpaired) electrons. The van der Waals surface area contributed by atoms with Crippen LogP contribution in [-0.2, 0) is 4.79 Å². The van der Waals surface area contributed by atoms with Crippen molar-refractivity contribution in [2.24, 2.45) is 11.5 Å². The van der Waals surface area contributed by atoms with Gasteiger partial charge in [0.25, 0.3) is 11.8 Å². The Kier molecular flexibility index (Phi) is 3.31. The standard InChI is InChI=1S/C12H16N4O2/c13-11(18)12(14)8-15-6-7-16(12)10(17)9-4-2-1-3-5-9/h1-5,15H,6-8,14H2,(H2,13,18). The highest BCUT2D eigenvalue weighted by Gasteiger charge is 2.43. The highest BCUT2D eigenvalue weighted by Crippen LogP contribution is 2.15. The van der Waals surface area contributed by atoms with Crippen LogP contribution in [0.2, 0.25) is 0 Å². The average molecular weight is 248 g/mol. The van der Waals surface area contributed by atoms with Crippen molar-refractivity contribution in [2.75, 3.05) is 19.6 Å². The van der Waals surface area contributed by atoms with Gasteiger partial charge >= 0.3 is 0 Å². The molecule has 6 nitrogen and oxygen atoms in total. The third-order valence-electron chi connectivity index (χ3n) is 3.08. The molecule has 6 heteroatoms. The fourth-order valence-electron chi connectivity index (χ4n) is 2.00. The number of hydrogen-bond donors (Lipinski definition) is 3. The Bertz CT molecular complexity index is 462. The summed E-state index contributed by atoms with van der Waals surface area (Å²) >= 11 is 0. The maximum absolute atomic E-state index is 12.3. The highest BCUT2D eigenvalue weighted by atomic mass is 16.2.